The molecular formula is C12H26NO6P2+. The van der Waals surface area contributed by atoms with Crippen molar-refractivity contribution in [1.82, 2.24) is 4.90 Å². The van der Waals surface area contributed by atoms with Crippen LogP contribution in [0.2, 0.25) is 0 Å². The molecule has 0 saturated heterocycles. The number of ether oxygens (including phenoxy) is 1. The molecule has 0 amide bonds. The Hall–Kier alpha value is -0.130. The molecule has 2 unspecified atom stereocenters. The van der Waals surface area contributed by atoms with E-state index in [0.29, 0.717) is 13.0 Å². The van der Waals surface area contributed by atoms with E-state index in [1.807, 2.05) is 32.9 Å². The molecule has 0 aromatic rings. The van der Waals surface area contributed by atoms with Crippen LogP contribution in [-0.4, -0.2) is 50.4 Å². The lowest BCUT2D eigenvalue weighted by Crippen LogP contribution is -2.40. The lowest BCUT2D eigenvalue weighted by atomic mass is 9.99. The molecule has 21 heavy (non-hydrogen) atoms. The quantitative estimate of drug-likeness (QED) is 0.413. The zero-order valence-electron chi connectivity index (χ0n) is 13.0. The van der Waals surface area contributed by atoms with Gasteiger partial charge in [0, 0.05) is 6.04 Å². The van der Waals surface area contributed by atoms with E-state index in [4.69, 9.17) is 19.4 Å². The Labute approximate surface area is 127 Å². The SMILES string of the molecule is CC=CCOC(C)(C)CC(C)N(C[P+](=O)O)CP(=O)(O)O. The first-order valence-corrected chi connectivity index (χ1v) is 9.83. The summed E-state index contributed by atoms with van der Waals surface area (Å²) < 4.78 is 27.8. The van der Waals surface area contributed by atoms with Gasteiger partial charge < -0.3 is 14.5 Å². The second-order valence-corrected chi connectivity index (χ2v) is 8.18. The summed E-state index contributed by atoms with van der Waals surface area (Å²) in [6, 6.07) is -0.302. The molecule has 3 N–H and O–H groups in total. The molecule has 0 saturated carbocycles. The minimum absolute atomic E-state index is 0.271. The molecule has 7 nitrogen and oxygen atoms in total. The molecular weight excluding hydrogens is 316 g/mol. The molecule has 0 rings (SSSR count). The van der Waals surface area contributed by atoms with Gasteiger partial charge in [-0.15, -0.1) is 0 Å². The van der Waals surface area contributed by atoms with Gasteiger partial charge in [0.15, 0.2) is 0 Å². The van der Waals surface area contributed by atoms with Crippen molar-refractivity contribution in [3.63, 3.8) is 0 Å². The van der Waals surface area contributed by atoms with E-state index in [9.17, 15) is 9.13 Å². The predicted molar refractivity (Wildman–Crippen MR) is 82.4 cm³/mol. The first kappa shape index (κ1) is 20.9. The van der Waals surface area contributed by atoms with E-state index in [1.165, 1.54) is 4.90 Å². The van der Waals surface area contributed by atoms with E-state index in [2.05, 4.69) is 0 Å². The highest BCUT2D eigenvalue weighted by molar-refractivity contribution is 7.51. The molecule has 0 heterocycles. The van der Waals surface area contributed by atoms with E-state index in [-0.39, 0.29) is 12.3 Å². The van der Waals surface area contributed by atoms with Crippen LogP contribution in [0.1, 0.15) is 34.1 Å². The largest absolute Gasteiger partial charge is 0.521 e. The third-order valence-electron chi connectivity index (χ3n) is 2.88. The summed E-state index contributed by atoms with van der Waals surface area (Å²) in [5.74, 6) is 0. The van der Waals surface area contributed by atoms with Crippen LogP contribution in [0.15, 0.2) is 12.2 Å². The first-order chi connectivity index (χ1) is 9.47. The van der Waals surface area contributed by atoms with Gasteiger partial charge in [-0.25, -0.2) is 4.90 Å². The van der Waals surface area contributed by atoms with E-state index in [1.54, 1.807) is 6.92 Å². The van der Waals surface area contributed by atoms with Crippen molar-refractivity contribution in [2.45, 2.75) is 45.8 Å². The molecule has 0 aromatic heterocycles. The number of rotatable bonds is 10. The normalized spacial score (nSPS) is 15.7. The van der Waals surface area contributed by atoms with Crippen molar-refractivity contribution in [2.75, 3.05) is 19.2 Å². The van der Waals surface area contributed by atoms with Gasteiger partial charge in [0.25, 0.3) is 0 Å². The molecule has 0 bridgehead atoms. The Morgan fingerprint density at radius 1 is 1.43 bits per heavy atom. The smallest absolute Gasteiger partial charge is 0.371 e. The van der Waals surface area contributed by atoms with E-state index in [0.717, 1.165) is 0 Å². The summed E-state index contributed by atoms with van der Waals surface area (Å²) in [6.07, 6.45) is 3.40. The zero-order valence-corrected chi connectivity index (χ0v) is 14.8. The van der Waals surface area contributed by atoms with Crippen LogP contribution in [-0.2, 0) is 13.9 Å². The first-order valence-electron chi connectivity index (χ1n) is 6.64. The number of hydrogen-bond acceptors (Lipinski definition) is 4. The van der Waals surface area contributed by atoms with Crippen LogP contribution in [0.3, 0.4) is 0 Å². The maximum Gasteiger partial charge on any atom is 0.521 e. The molecule has 2 atom stereocenters. The maximum atomic E-state index is 11.1. The van der Waals surface area contributed by atoms with Crippen LogP contribution in [0.4, 0.5) is 0 Å². The summed E-state index contributed by atoms with van der Waals surface area (Å²) in [6.45, 7) is 7.85. The molecule has 0 fully saturated rings. The van der Waals surface area contributed by atoms with Gasteiger partial charge in [0.1, 0.15) is 6.29 Å². The van der Waals surface area contributed by atoms with Crippen molar-refractivity contribution in [2.24, 2.45) is 0 Å². The highest BCUT2D eigenvalue weighted by Crippen LogP contribution is 2.38. The minimum Gasteiger partial charge on any atom is -0.371 e. The Bertz CT molecular complexity index is 407. The maximum absolute atomic E-state index is 11.1. The van der Waals surface area contributed by atoms with Crippen LogP contribution < -0.4 is 0 Å². The van der Waals surface area contributed by atoms with Crippen molar-refractivity contribution >= 4 is 15.6 Å². The van der Waals surface area contributed by atoms with Gasteiger partial charge >= 0.3 is 15.6 Å². The summed E-state index contributed by atoms with van der Waals surface area (Å²) in [4.78, 5) is 28.5. The van der Waals surface area contributed by atoms with E-state index < -0.39 is 27.5 Å². The van der Waals surface area contributed by atoms with Gasteiger partial charge in [0.2, 0.25) is 6.29 Å². The lowest BCUT2D eigenvalue weighted by molar-refractivity contribution is -0.0228. The third-order valence-corrected chi connectivity index (χ3v) is 4.22. The van der Waals surface area contributed by atoms with Crippen LogP contribution in [0.5, 0.6) is 0 Å². The average Bonchev–Trinajstić information content (AvgIpc) is 2.25. The summed E-state index contributed by atoms with van der Waals surface area (Å²) in [7, 11) is -6.79. The van der Waals surface area contributed by atoms with Gasteiger partial charge in [0.05, 0.1) is 12.2 Å². The molecule has 0 aromatic carbocycles. The standard InChI is InChI=1S/C12H25NO6P2/c1-5-6-7-19-12(3,4)8-11(2)13(9-20(14)15)10-21(16,17)18/h5-6,11H,7-10H2,1-4H3,(H2-,14,15,16,17,18)/p+1. The zero-order chi connectivity index (χ0) is 16.7. The molecule has 9 heteroatoms. The van der Waals surface area contributed by atoms with Crippen molar-refractivity contribution in [3.8, 4) is 0 Å². The molecule has 0 radical (unpaired) electrons. The molecule has 0 aliphatic rings. The topological polar surface area (TPSA) is 107 Å². The van der Waals surface area contributed by atoms with Crippen molar-refractivity contribution in [1.29, 1.82) is 0 Å². The van der Waals surface area contributed by atoms with Crippen LogP contribution >= 0.6 is 15.6 Å². The second kappa shape index (κ2) is 9.11. The van der Waals surface area contributed by atoms with Gasteiger partial charge in [-0.2, -0.15) is 4.89 Å². The molecule has 0 aliphatic heterocycles. The van der Waals surface area contributed by atoms with Crippen LogP contribution in [0.25, 0.3) is 0 Å². The molecule has 0 spiro atoms. The second-order valence-electron chi connectivity index (χ2n) is 5.58. The Morgan fingerprint density at radius 2 is 2.00 bits per heavy atom. The molecule has 124 valence electrons. The summed E-state index contributed by atoms with van der Waals surface area (Å²) in [5, 5.41) is 0. The Morgan fingerprint density at radius 3 is 2.43 bits per heavy atom. The van der Waals surface area contributed by atoms with Crippen molar-refractivity contribution in [3.05, 3.63) is 12.2 Å². The van der Waals surface area contributed by atoms with Crippen LogP contribution in [0, 0.1) is 0 Å². The highest BCUT2D eigenvalue weighted by atomic mass is 31.2. The van der Waals surface area contributed by atoms with Gasteiger partial charge in [-0.05, 0) is 38.7 Å². The lowest BCUT2D eigenvalue weighted by Gasteiger charge is -2.32. The van der Waals surface area contributed by atoms with E-state index >= 15 is 0 Å². The number of hydrogen-bond donors (Lipinski definition) is 3. The third kappa shape index (κ3) is 11.1. The fourth-order valence-electron chi connectivity index (χ4n) is 1.98. The Balaban J connectivity index is 4.74. The number of nitrogens with zero attached hydrogens (tertiary/aromatic N) is 1. The monoisotopic (exact) mass is 342 g/mol. The predicted octanol–water partition coefficient (Wildman–Crippen LogP) is 2.27. The van der Waals surface area contributed by atoms with Crippen molar-refractivity contribution < 1.29 is 28.5 Å². The fraction of sp³-hybridized carbons (Fsp3) is 0.833. The van der Waals surface area contributed by atoms with Gasteiger partial charge in [-0.3, -0.25) is 4.57 Å². The summed E-state index contributed by atoms with van der Waals surface area (Å²) >= 11 is 0. The minimum atomic E-state index is -4.29. The number of allylic oxidation sites excluding steroid dienone is 1. The summed E-state index contributed by atoms with van der Waals surface area (Å²) in [5.41, 5.74) is -0.507. The Kier molecular flexibility index (Phi) is 9.05. The average molecular weight is 342 g/mol. The molecule has 0 aliphatic carbocycles. The highest BCUT2D eigenvalue weighted by Gasteiger charge is 2.33. The fourth-order valence-corrected chi connectivity index (χ4v) is 3.68. The van der Waals surface area contributed by atoms with Gasteiger partial charge in [-0.1, -0.05) is 12.2 Å².